The molecule has 0 fully saturated rings. The summed E-state index contributed by atoms with van der Waals surface area (Å²) in [6.45, 7) is 0. The first-order valence-electron chi connectivity index (χ1n) is 10.8. The van der Waals surface area contributed by atoms with Crippen molar-refractivity contribution in [3.8, 4) is 11.5 Å². The van der Waals surface area contributed by atoms with Crippen LogP contribution in [-0.4, -0.2) is 47.5 Å². The smallest absolute Gasteiger partial charge is 0.497 e. The number of alkyl halides is 3. The van der Waals surface area contributed by atoms with E-state index in [0.29, 0.717) is 10.9 Å². The Balaban J connectivity index is 1.63. The molecular weight excluding hydrogens is 563 g/mol. The van der Waals surface area contributed by atoms with Crippen LogP contribution in [0.4, 0.5) is 24.5 Å². The van der Waals surface area contributed by atoms with E-state index in [2.05, 4.69) is 19.8 Å². The lowest BCUT2D eigenvalue weighted by molar-refractivity contribution is -0.274. The Labute approximate surface area is 220 Å². The van der Waals surface area contributed by atoms with E-state index in [4.69, 9.17) is 4.74 Å². The normalized spacial score (nSPS) is 12.2. The molecule has 206 valence electrons. The highest BCUT2D eigenvalue weighted by molar-refractivity contribution is 7.92. The minimum absolute atomic E-state index is 0.0266. The van der Waals surface area contributed by atoms with Crippen LogP contribution in [-0.2, 0) is 19.9 Å². The average Bonchev–Trinajstić information content (AvgIpc) is 3.25. The number of sulfone groups is 1. The van der Waals surface area contributed by atoms with Crippen LogP contribution >= 0.6 is 0 Å². The van der Waals surface area contributed by atoms with Crippen molar-refractivity contribution in [2.75, 3.05) is 23.4 Å². The Hall–Kier alpha value is -4.24. The summed E-state index contributed by atoms with van der Waals surface area (Å²) in [5.41, 5.74) is 0.860. The number of nitrogens with one attached hydrogen (secondary N) is 3. The number of sulfonamides is 1. The molecule has 0 aliphatic heterocycles. The molecule has 1 aromatic heterocycles. The van der Waals surface area contributed by atoms with Crippen LogP contribution < -0.4 is 19.5 Å². The number of rotatable bonds is 8. The van der Waals surface area contributed by atoms with Crippen molar-refractivity contribution in [2.24, 2.45) is 0 Å². The number of H-pyrrole nitrogens is 1. The number of ether oxygens (including phenoxy) is 2. The zero-order valence-electron chi connectivity index (χ0n) is 20.2. The number of aromatic nitrogens is 1. The molecular formula is C24H20F3N3O7S2. The molecule has 0 spiro atoms. The van der Waals surface area contributed by atoms with Crippen molar-refractivity contribution < 1.29 is 44.3 Å². The van der Waals surface area contributed by atoms with Crippen LogP contribution in [0.3, 0.4) is 0 Å². The molecule has 3 aromatic carbocycles. The minimum Gasteiger partial charge on any atom is -0.497 e. The highest BCUT2D eigenvalue weighted by Gasteiger charge is 2.31. The monoisotopic (exact) mass is 583 g/mol. The number of hydrogen-bond acceptors (Lipinski definition) is 7. The molecule has 3 N–H and O–H groups in total. The summed E-state index contributed by atoms with van der Waals surface area (Å²) in [6.07, 6.45) is -4.01. The van der Waals surface area contributed by atoms with Gasteiger partial charge in [0.15, 0.2) is 0 Å². The van der Waals surface area contributed by atoms with Gasteiger partial charge in [-0.25, -0.2) is 16.8 Å². The summed E-state index contributed by atoms with van der Waals surface area (Å²) < 4.78 is 98.5. The number of amides is 1. The Morgan fingerprint density at radius 3 is 2.26 bits per heavy atom. The van der Waals surface area contributed by atoms with Gasteiger partial charge in [0, 0.05) is 22.7 Å². The number of benzene rings is 3. The van der Waals surface area contributed by atoms with Crippen molar-refractivity contribution in [1.82, 2.24) is 4.98 Å². The zero-order valence-corrected chi connectivity index (χ0v) is 21.8. The van der Waals surface area contributed by atoms with Crippen LogP contribution in [0.25, 0.3) is 10.9 Å². The van der Waals surface area contributed by atoms with E-state index < -0.39 is 42.8 Å². The number of fused-ring (bicyclic) bond motifs is 1. The summed E-state index contributed by atoms with van der Waals surface area (Å²) in [5.74, 6) is -1.31. The largest absolute Gasteiger partial charge is 0.573 e. The lowest BCUT2D eigenvalue weighted by Gasteiger charge is -2.13. The van der Waals surface area contributed by atoms with Crippen molar-refractivity contribution in [1.29, 1.82) is 0 Å². The van der Waals surface area contributed by atoms with Crippen molar-refractivity contribution >= 4 is 48.0 Å². The predicted octanol–water partition coefficient (Wildman–Crippen LogP) is 4.53. The van der Waals surface area contributed by atoms with E-state index in [-0.39, 0.29) is 27.7 Å². The van der Waals surface area contributed by atoms with E-state index >= 15 is 0 Å². The topological polar surface area (TPSA) is 144 Å². The Morgan fingerprint density at radius 2 is 1.59 bits per heavy atom. The van der Waals surface area contributed by atoms with Gasteiger partial charge in [-0.05, 0) is 48.5 Å². The Morgan fingerprint density at radius 1 is 0.872 bits per heavy atom. The van der Waals surface area contributed by atoms with Gasteiger partial charge in [0.05, 0.1) is 28.8 Å². The molecule has 39 heavy (non-hydrogen) atoms. The maximum atomic E-state index is 13.2. The molecule has 0 radical (unpaired) electrons. The molecule has 10 nitrogen and oxygen atoms in total. The molecule has 1 amide bonds. The molecule has 0 aliphatic rings. The van der Waals surface area contributed by atoms with E-state index in [0.717, 1.165) is 42.7 Å². The fraction of sp³-hybridized carbons (Fsp3) is 0.125. The molecule has 0 atom stereocenters. The van der Waals surface area contributed by atoms with Gasteiger partial charge in [-0.15, -0.1) is 13.2 Å². The predicted molar refractivity (Wildman–Crippen MR) is 136 cm³/mol. The molecule has 0 unspecified atom stereocenters. The number of methoxy groups -OCH3 is 1. The van der Waals surface area contributed by atoms with Gasteiger partial charge in [0.2, 0.25) is 19.9 Å². The zero-order chi connectivity index (χ0) is 28.6. The number of carbonyl (C=O) groups is 1. The third-order valence-electron chi connectivity index (χ3n) is 5.20. The van der Waals surface area contributed by atoms with Crippen LogP contribution in [0.5, 0.6) is 11.5 Å². The highest BCUT2D eigenvalue weighted by Crippen LogP contribution is 2.32. The fourth-order valence-electron chi connectivity index (χ4n) is 3.62. The van der Waals surface area contributed by atoms with Crippen LogP contribution in [0.15, 0.2) is 76.5 Å². The van der Waals surface area contributed by atoms with E-state index in [1.54, 1.807) is 6.07 Å². The second kappa shape index (κ2) is 10.1. The van der Waals surface area contributed by atoms with E-state index in [1.807, 2.05) is 0 Å². The molecule has 0 bridgehead atoms. The van der Waals surface area contributed by atoms with Crippen LogP contribution in [0.2, 0.25) is 0 Å². The number of hydrogen-bond donors (Lipinski definition) is 3. The number of carbonyl (C=O) groups excluding carboxylic acids is 1. The van der Waals surface area contributed by atoms with Gasteiger partial charge < -0.3 is 19.8 Å². The second-order valence-corrected chi connectivity index (χ2v) is 11.9. The SMILES string of the molecule is COc1cc(NC(=O)c2cc3ccc(NS(C)(=O)=O)cc3[nH]2)cc(S(=O)(=O)c2cccc(OC(F)(F)F)c2)c1. The third-order valence-corrected chi connectivity index (χ3v) is 7.54. The van der Waals surface area contributed by atoms with Crippen molar-refractivity contribution in [3.05, 3.63) is 72.4 Å². The molecule has 15 heteroatoms. The fourth-order valence-corrected chi connectivity index (χ4v) is 5.53. The molecule has 4 aromatic rings. The third kappa shape index (κ3) is 6.80. The molecule has 0 saturated heterocycles. The van der Waals surface area contributed by atoms with Crippen molar-refractivity contribution in [2.45, 2.75) is 16.2 Å². The summed E-state index contributed by atoms with van der Waals surface area (Å²) in [6, 6.07) is 13.7. The van der Waals surface area contributed by atoms with Crippen molar-refractivity contribution in [3.63, 3.8) is 0 Å². The Kier molecular flexibility index (Phi) is 7.23. The molecule has 0 saturated carbocycles. The molecule has 1 heterocycles. The summed E-state index contributed by atoms with van der Waals surface area (Å²) in [4.78, 5) is 15.0. The summed E-state index contributed by atoms with van der Waals surface area (Å²) in [5, 5.41) is 3.16. The lowest BCUT2D eigenvalue weighted by Crippen LogP contribution is -2.17. The maximum absolute atomic E-state index is 13.2. The number of aromatic amines is 1. The van der Waals surface area contributed by atoms with E-state index in [1.165, 1.54) is 31.4 Å². The Bertz CT molecular complexity index is 1780. The minimum atomic E-state index is -5.01. The quantitative estimate of drug-likeness (QED) is 0.277. The number of halogens is 3. The summed E-state index contributed by atoms with van der Waals surface area (Å²) >= 11 is 0. The summed E-state index contributed by atoms with van der Waals surface area (Å²) in [7, 11) is -6.59. The van der Waals surface area contributed by atoms with Gasteiger partial charge in [-0.3, -0.25) is 9.52 Å². The first-order chi connectivity index (χ1) is 18.1. The highest BCUT2D eigenvalue weighted by atomic mass is 32.2. The van der Waals surface area contributed by atoms with Crippen LogP contribution in [0, 0.1) is 0 Å². The van der Waals surface area contributed by atoms with Gasteiger partial charge in [0.25, 0.3) is 5.91 Å². The molecule has 4 rings (SSSR count). The van der Waals surface area contributed by atoms with Gasteiger partial charge in [-0.2, -0.15) is 0 Å². The maximum Gasteiger partial charge on any atom is 0.573 e. The first-order valence-corrected chi connectivity index (χ1v) is 14.2. The lowest BCUT2D eigenvalue weighted by atomic mass is 10.2. The van der Waals surface area contributed by atoms with Gasteiger partial charge in [0.1, 0.15) is 17.2 Å². The average molecular weight is 584 g/mol. The molecule has 0 aliphatic carbocycles. The van der Waals surface area contributed by atoms with Gasteiger partial charge >= 0.3 is 6.36 Å². The number of anilines is 2. The van der Waals surface area contributed by atoms with E-state index in [9.17, 15) is 34.8 Å². The van der Waals surface area contributed by atoms with Gasteiger partial charge in [-0.1, -0.05) is 12.1 Å². The first kappa shape index (κ1) is 27.8. The second-order valence-electron chi connectivity index (χ2n) is 8.24. The standard InChI is InChI=1S/C24H20F3N3O7S2/c1-36-18-9-16(10-20(13-18)39(34,35)19-5-3-4-17(12-19)37-24(25,26)27)28-23(31)22-8-14-6-7-15(11-21(14)29-22)30-38(2,32)33/h3-13,29-30H,1-2H3,(H,28,31). The van der Waals surface area contributed by atoms with Crippen LogP contribution in [0.1, 0.15) is 10.5 Å².